The van der Waals surface area contributed by atoms with E-state index in [0.717, 1.165) is 0 Å². The van der Waals surface area contributed by atoms with Crippen LogP contribution in [0.3, 0.4) is 0 Å². The summed E-state index contributed by atoms with van der Waals surface area (Å²) in [7, 11) is 0. The number of nitrogens with zero attached hydrogens (tertiary/aromatic N) is 3. The Balaban J connectivity index is 1.82. The molecule has 3 rings (SSSR count). The number of aromatic amines is 1. The highest BCUT2D eigenvalue weighted by molar-refractivity contribution is 5.64. The molecule has 21 heavy (non-hydrogen) atoms. The second kappa shape index (κ2) is 5.85. The van der Waals surface area contributed by atoms with E-state index in [1.807, 2.05) is 18.2 Å². The van der Waals surface area contributed by atoms with E-state index in [1.54, 1.807) is 0 Å². The zero-order chi connectivity index (χ0) is 14.7. The summed E-state index contributed by atoms with van der Waals surface area (Å²) in [5.74, 6) is 0.543. The Bertz CT molecular complexity index is 707. The van der Waals surface area contributed by atoms with Crippen LogP contribution >= 0.6 is 0 Å². The number of hydrogen-bond donors (Lipinski definition) is 2. The van der Waals surface area contributed by atoms with Gasteiger partial charge in [-0.2, -0.15) is 5.21 Å². The number of aryl methyl sites for hydroxylation is 1. The van der Waals surface area contributed by atoms with Gasteiger partial charge in [-0.3, -0.25) is 0 Å². The molecule has 0 bridgehead atoms. The summed E-state index contributed by atoms with van der Waals surface area (Å²) in [5.41, 5.74) is 11.0. The average Bonchev–Trinajstić information content (AvgIpc) is 3.04. The first-order valence-electron chi connectivity index (χ1n) is 6.88. The van der Waals surface area contributed by atoms with Crippen LogP contribution in [0.15, 0.2) is 48.5 Å². The molecule has 1 aromatic heterocycles. The molecule has 1 heterocycles. The minimum Gasteiger partial charge on any atom is -0.321 e. The van der Waals surface area contributed by atoms with E-state index < -0.39 is 0 Å². The molecule has 5 heteroatoms. The van der Waals surface area contributed by atoms with Crippen LogP contribution in [0.1, 0.15) is 23.0 Å². The molecule has 3 aromatic rings. The van der Waals surface area contributed by atoms with Gasteiger partial charge in [0.05, 0.1) is 6.04 Å². The van der Waals surface area contributed by atoms with Crippen LogP contribution in [0, 0.1) is 6.92 Å². The monoisotopic (exact) mass is 279 g/mol. The van der Waals surface area contributed by atoms with E-state index in [-0.39, 0.29) is 6.04 Å². The molecule has 0 aliphatic heterocycles. The van der Waals surface area contributed by atoms with Crippen LogP contribution < -0.4 is 5.73 Å². The number of nitrogens with one attached hydrogen (secondary N) is 1. The Hall–Kier alpha value is -2.53. The second-order valence-electron chi connectivity index (χ2n) is 5.09. The van der Waals surface area contributed by atoms with E-state index in [0.29, 0.717) is 12.2 Å². The summed E-state index contributed by atoms with van der Waals surface area (Å²) in [6.07, 6.45) is 0.695. The van der Waals surface area contributed by atoms with Crippen molar-refractivity contribution in [3.63, 3.8) is 0 Å². The summed E-state index contributed by atoms with van der Waals surface area (Å²) >= 11 is 0. The fourth-order valence-electron chi connectivity index (χ4n) is 2.39. The highest BCUT2D eigenvalue weighted by Gasteiger charge is 2.13. The molecule has 0 unspecified atom stereocenters. The molecule has 0 radical (unpaired) electrons. The van der Waals surface area contributed by atoms with Crippen molar-refractivity contribution in [3.05, 3.63) is 65.5 Å². The van der Waals surface area contributed by atoms with Gasteiger partial charge in [-0.25, -0.2) is 0 Å². The molecule has 2 aromatic carbocycles. The zero-order valence-electron chi connectivity index (χ0n) is 11.8. The Morgan fingerprint density at radius 1 is 1.10 bits per heavy atom. The number of aromatic nitrogens is 4. The van der Waals surface area contributed by atoms with Gasteiger partial charge in [-0.1, -0.05) is 53.7 Å². The van der Waals surface area contributed by atoms with Gasteiger partial charge < -0.3 is 5.73 Å². The van der Waals surface area contributed by atoms with Gasteiger partial charge in [-0.05, 0) is 35.6 Å². The smallest absolute Gasteiger partial charge is 0.191 e. The van der Waals surface area contributed by atoms with Gasteiger partial charge in [0, 0.05) is 0 Å². The SMILES string of the molecule is Cc1cc(-c2ccccc2)ccc1C[C@H](N)c1nn[nH]n1. The molecule has 1 atom stereocenters. The van der Waals surface area contributed by atoms with Crippen LogP contribution in [0.2, 0.25) is 0 Å². The largest absolute Gasteiger partial charge is 0.321 e. The van der Waals surface area contributed by atoms with Gasteiger partial charge in [0.2, 0.25) is 0 Å². The Morgan fingerprint density at radius 3 is 2.57 bits per heavy atom. The molecule has 0 fully saturated rings. The molecule has 0 spiro atoms. The molecular weight excluding hydrogens is 262 g/mol. The van der Waals surface area contributed by atoms with E-state index in [4.69, 9.17) is 5.73 Å². The maximum absolute atomic E-state index is 6.10. The molecule has 0 saturated heterocycles. The van der Waals surface area contributed by atoms with Crippen molar-refractivity contribution in [2.45, 2.75) is 19.4 Å². The summed E-state index contributed by atoms with van der Waals surface area (Å²) in [6.45, 7) is 2.10. The van der Waals surface area contributed by atoms with Crippen molar-refractivity contribution in [1.29, 1.82) is 0 Å². The lowest BCUT2D eigenvalue weighted by molar-refractivity contribution is 0.667. The number of tetrazole rings is 1. The van der Waals surface area contributed by atoms with Crippen molar-refractivity contribution in [1.82, 2.24) is 20.6 Å². The van der Waals surface area contributed by atoms with Crippen LogP contribution in [0.25, 0.3) is 11.1 Å². The Labute approximate surface area is 123 Å². The van der Waals surface area contributed by atoms with Gasteiger partial charge in [0.15, 0.2) is 5.82 Å². The summed E-state index contributed by atoms with van der Waals surface area (Å²) in [5, 5.41) is 13.8. The number of rotatable bonds is 4. The van der Waals surface area contributed by atoms with Crippen LogP contribution in [-0.2, 0) is 6.42 Å². The molecule has 0 amide bonds. The summed E-state index contributed by atoms with van der Waals surface area (Å²) in [4.78, 5) is 0. The third-order valence-electron chi connectivity index (χ3n) is 3.58. The quantitative estimate of drug-likeness (QED) is 0.768. The van der Waals surface area contributed by atoms with Crippen LogP contribution in [-0.4, -0.2) is 20.6 Å². The first kappa shape index (κ1) is 13.5. The van der Waals surface area contributed by atoms with Crippen molar-refractivity contribution < 1.29 is 0 Å². The van der Waals surface area contributed by atoms with E-state index >= 15 is 0 Å². The molecule has 0 aliphatic rings. The lowest BCUT2D eigenvalue weighted by Crippen LogP contribution is -2.15. The lowest BCUT2D eigenvalue weighted by Gasteiger charge is -2.12. The highest BCUT2D eigenvalue weighted by Crippen LogP contribution is 2.24. The van der Waals surface area contributed by atoms with E-state index in [2.05, 4.69) is 57.9 Å². The predicted molar refractivity (Wildman–Crippen MR) is 81.4 cm³/mol. The lowest BCUT2D eigenvalue weighted by atomic mass is 9.96. The van der Waals surface area contributed by atoms with Crippen molar-refractivity contribution in [2.75, 3.05) is 0 Å². The average molecular weight is 279 g/mol. The number of H-pyrrole nitrogens is 1. The van der Waals surface area contributed by atoms with Crippen molar-refractivity contribution >= 4 is 0 Å². The third-order valence-corrected chi connectivity index (χ3v) is 3.58. The number of nitrogens with two attached hydrogens (primary N) is 1. The molecule has 5 nitrogen and oxygen atoms in total. The molecule has 106 valence electrons. The topological polar surface area (TPSA) is 80.5 Å². The fraction of sp³-hybridized carbons (Fsp3) is 0.188. The van der Waals surface area contributed by atoms with E-state index in [9.17, 15) is 0 Å². The maximum atomic E-state index is 6.10. The van der Waals surface area contributed by atoms with Crippen LogP contribution in [0.4, 0.5) is 0 Å². The van der Waals surface area contributed by atoms with Crippen molar-refractivity contribution in [2.24, 2.45) is 5.73 Å². The van der Waals surface area contributed by atoms with Gasteiger partial charge >= 0.3 is 0 Å². The summed E-state index contributed by atoms with van der Waals surface area (Å²) < 4.78 is 0. The van der Waals surface area contributed by atoms with Gasteiger partial charge in [0.25, 0.3) is 0 Å². The molecule has 0 aliphatic carbocycles. The normalized spacial score (nSPS) is 12.3. The highest BCUT2D eigenvalue weighted by atomic mass is 15.5. The fourth-order valence-corrected chi connectivity index (χ4v) is 2.39. The Kier molecular flexibility index (Phi) is 3.75. The molecule has 0 saturated carbocycles. The third kappa shape index (κ3) is 2.98. The predicted octanol–water partition coefficient (Wildman–Crippen LogP) is 2.42. The first-order valence-corrected chi connectivity index (χ1v) is 6.88. The van der Waals surface area contributed by atoms with Gasteiger partial charge in [-0.15, -0.1) is 10.2 Å². The second-order valence-corrected chi connectivity index (χ2v) is 5.09. The van der Waals surface area contributed by atoms with Crippen LogP contribution in [0.5, 0.6) is 0 Å². The summed E-state index contributed by atoms with van der Waals surface area (Å²) in [6, 6.07) is 16.5. The van der Waals surface area contributed by atoms with Gasteiger partial charge in [0.1, 0.15) is 0 Å². The molecular formula is C16H17N5. The van der Waals surface area contributed by atoms with Crippen molar-refractivity contribution in [3.8, 4) is 11.1 Å². The number of hydrogen-bond acceptors (Lipinski definition) is 4. The maximum Gasteiger partial charge on any atom is 0.191 e. The minimum atomic E-state index is -0.245. The Morgan fingerprint density at radius 2 is 1.90 bits per heavy atom. The minimum absolute atomic E-state index is 0.245. The van der Waals surface area contributed by atoms with E-state index in [1.165, 1.54) is 22.3 Å². The zero-order valence-corrected chi connectivity index (χ0v) is 11.8. The number of benzene rings is 2. The molecule has 3 N–H and O–H groups in total. The first-order chi connectivity index (χ1) is 10.2. The standard InChI is InChI=1S/C16H17N5/c1-11-9-14(12-5-3-2-4-6-12)8-7-13(11)10-15(17)16-18-20-21-19-16/h2-9,15H,10,17H2,1H3,(H,18,19,20,21)/t15-/m0/s1.